The molecule has 0 bridgehead atoms. The number of amides is 1. The summed E-state index contributed by atoms with van der Waals surface area (Å²) in [4.78, 5) is 13.5. The van der Waals surface area contributed by atoms with E-state index in [-0.39, 0.29) is 5.91 Å². The van der Waals surface area contributed by atoms with Crippen LogP contribution in [0, 0.1) is 11.3 Å². The monoisotopic (exact) mass is 215 g/mol. The minimum absolute atomic E-state index is 0.0597. The average Bonchev–Trinajstić information content (AvgIpc) is 2.32. The number of hydrogen-bond acceptors (Lipinski definition) is 3. The number of carbonyl (C=O) groups excluding carboxylic acids is 1. The maximum absolute atomic E-state index is 11.7. The van der Waals surface area contributed by atoms with Crippen LogP contribution in [0.25, 0.3) is 0 Å². The molecule has 1 aromatic rings. The van der Waals surface area contributed by atoms with Crippen LogP contribution in [0.3, 0.4) is 0 Å². The molecule has 0 fully saturated rings. The standard InChI is InChI=1S/C12H13N3O/c1-2-5-15-11-6-9(7-13)3-4-10(11)14-8-12(15)16/h3-4,6,14H,2,5,8H2,1H3. The summed E-state index contributed by atoms with van der Waals surface area (Å²) in [5.74, 6) is 0.0597. The molecule has 1 heterocycles. The van der Waals surface area contributed by atoms with Gasteiger partial charge in [-0.25, -0.2) is 0 Å². The summed E-state index contributed by atoms with van der Waals surface area (Å²) in [6.45, 7) is 3.06. The fourth-order valence-electron chi connectivity index (χ4n) is 1.84. The summed E-state index contributed by atoms with van der Waals surface area (Å²) in [6.07, 6.45) is 0.905. The van der Waals surface area contributed by atoms with Gasteiger partial charge in [-0.2, -0.15) is 5.26 Å². The first kappa shape index (κ1) is 10.5. The highest BCUT2D eigenvalue weighted by Crippen LogP contribution is 2.30. The third-order valence-corrected chi connectivity index (χ3v) is 2.60. The van der Waals surface area contributed by atoms with Crippen molar-refractivity contribution in [3.05, 3.63) is 23.8 Å². The number of anilines is 2. The first-order valence-electron chi connectivity index (χ1n) is 5.34. The molecule has 0 aromatic heterocycles. The van der Waals surface area contributed by atoms with Crippen molar-refractivity contribution in [2.75, 3.05) is 23.3 Å². The fourth-order valence-corrected chi connectivity index (χ4v) is 1.84. The number of hydrogen-bond donors (Lipinski definition) is 1. The average molecular weight is 215 g/mol. The quantitative estimate of drug-likeness (QED) is 0.817. The number of carbonyl (C=O) groups is 1. The van der Waals surface area contributed by atoms with Gasteiger partial charge in [-0.15, -0.1) is 0 Å². The lowest BCUT2D eigenvalue weighted by Gasteiger charge is -2.30. The summed E-state index contributed by atoms with van der Waals surface area (Å²) in [6, 6.07) is 7.45. The highest BCUT2D eigenvalue weighted by atomic mass is 16.2. The van der Waals surface area contributed by atoms with Crippen LogP contribution in [-0.4, -0.2) is 19.0 Å². The molecule has 0 unspecified atom stereocenters. The third-order valence-electron chi connectivity index (χ3n) is 2.60. The Balaban J connectivity index is 2.44. The van der Waals surface area contributed by atoms with E-state index in [9.17, 15) is 4.79 Å². The van der Waals surface area contributed by atoms with Crippen molar-refractivity contribution in [2.45, 2.75) is 13.3 Å². The molecule has 4 nitrogen and oxygen atoms in total. The Morgan fingerprint density at radius 1 is 1.56 bits per heavy atom. The van der Waals surface area contributed by atoms with Crippen LogP contribution in [0.5, 0.6) is 0 Å². The van der Waals surface area contributed by atoms with Crippen LogP contribution in [0.2, 0.25) is 0 Å². The Hall–Kier alpha value is -2.02. The second-order valence-electron chi connectivity index (χ2n) is 3.74. The van der Waals surface area contributed by atoms with Gasteiger partial charge in [0.25, 0.3) is 0 Å². The zero-order valence-electron chi connectivity index (χ0n) is 9.16. The molecule has 0 saturated carbocycles. The molecule has 0 saturated heterocycles. The maximum Gasteiger partial charge on any atom is 0.246 e. The molecule has 0 radical (unpaired) electrons. The SMILES string of the molecule is CCCN1C(=O)CNc2ccc(C#N)cc21. The Kier molecular flexibility index (Phi) is 2.78. The summed E-state index contributed by atoms with van der Waals surface area (Å²) in [5.41, 5.74) is 2.32. The van der Waals surface area contributed by atoms with E-state index in [4.69, 9.17) is 5.26 Å². The molecule has 0 aliphatic carbocycles. The highest BCUT2D eigenvalue weighted by molar-refractivity contribution is 6.02. The Morgan fingerprint density at radius 2 is 2.38 bits per heavy atom. The van der Waals surface area contributed by atoms with E-state index < -0.39 is 0 Å². The Morgan fingerprint density at radius 3 is 3.06 bits per heavy atom. The molecule has 82 valence electrons. The lowest BCUT2D eigenvalue weighted by molar-refractivity contribution is -0.117. The number of nitriles is 1. The predicted octanol–water partition coefficient (Wildman–Crippen LogP) is 1.73. The first-order valence-corrected chi connectivity index (χ1v) is 5.34. The zero-order chi connectivity index (χ0) is 11.5. The lowest BCUT2D eigenvalue weighted by Crippen LogP contribution is -2.40. The normalized spacial score (nSPS) is 14.0. The second kappa shape index (κ2) is 4.23. The molecular formula is C12H13N3O. The molecular weight excluding hydrogens is 202 g/mol. The summed E-state index contributed by atoms with van der Waals surface area (Å²) >= 11 is 0. The highest BCUT2D eigenvalue weighted by Gasteiger charge is 2.23. The van der Waals surface area contributed by atoms with Crippen LogP contribution >= 0.6 is 0 Å². The minimum atomic E-state index is 0.0597. The van der Waals surface area contributed by atoms with Crippen molar-refractivity contribution in [3.63, 3.8) is 0 Å². The smallest absolute Gasteiger partial charge is 0.246 e. The lowest BCUT2D eigenvalue weighted by atomic mass is 10.1. The minimum Gasteiger partial charge on any atom is -0.374 e. The molecule has 1 aliphatic heterocycles. The van der Waals surface area contributed by atoms with Gasteiger partial charge in [0.1, 0.15) is 0 Å². The Bertz CT molecular complexity index is 462. The van der Waals surface area contributed by atoms with E-state index in [0.29, 0.717) is 18.7 Å². The number of fused-ring (bicyclic) bond motifs is 1. The van der Waals surface area contributed by atoms with Gasteiger partial charge in [0.15, 0.2) is 0 Å². The molecule has 1 amide bonds. The van der Waals surface area contributed by atoms with Crippen molar-refractivity contribution < 1.29 is 4.79 Å². The van der Waals surface area contributed by atoms with E-state index in [1.807, 2.05) is 13.0 Å². The first-order chi connectivity index (χ1) is 7.76. The van der Waals surface area contributed by atoms with E-state index in [0.717, 1.165) is 17.8 Å². The molecule has 0 atom stereocenters. The van der Waals surface area contributed by atoms with Gasteiger partial charge >= 0.3 is 0 Å². The van der Waals surface area contributed by atoms with E-state index >= 15 is 0 Å². The second-order valence-corrected chi connectivity index (χ2v) is 3.74. The molecule has 16 heavy (non-hydrogen) atoms. The number of rotatable bonds is 2. The summed E-state index contributed by atoms with van der Waals surface area (Å²) < 4.78 is 0. The Labute approximate surface area is 94.5 Å². The maximum atomic E-state index is 11.7. The molecule has 1 aromatic carbocycles. The van der Waals surface area contributed by atoms with Crippen molar-refractivity contribution >= 4 is 17.3 Å². The van der Waals surface area contributed by atoms with Crippen molar-refractivity contribution in [3.8, 4) is 6.07 Å². The van der Waals surface area contributed by atoms with Gasteiger partial charge in [-0.1, -0.05) is 6.92 Å². The zero-order valence-corrected chi connectivity index (χ0v) is 9.16. The number of nitrogens with one attached hydrogen (secondary N) is 1. The molecule has 2 rings (SSSR count). The van der Waals surface area contributed by atoms with Crippen LogP contribution in [-0.2, 0) is 4.79 Å². The van der Waals surface area contributed by atoms with E-state index in [1.165, 1.54) is 0 Å². The van der Waals surface area contributed by atoms with E-state index in [2.05, 4.69) is 11.4 Å². The molecule has 0 spiro atoms. The van der Waals surface area contributed by atoms with Gasteiger partial charge in [-0.05, 0) is 24.6 Å². The van der Waals surface area contributed by atoms with Crippen molar-refractivity contribution in [1.82, 2.24) is 0 Å². The van der Waals surface area contributed by atoms with Crippen molar-refractivity contribution in [1.29, 1.82) is 5.26 Å². The molecule has 1 N–H and O–H groups in total. The van der Waals surface area contributed by atoms with Crippen LogP contribution in [0.15, 0.2) is 18.2 Å². The number of nitrogens with zero attached hydrogens (tertiary/aromatic N) is 2. The van der Waals surface area contributed by atoms with Gasteiger partial charge in [0.05, 0.1) is 29.6 Å². The summed E-state index contributed by atoms with van der Waals surface area (Å²) in [7, 11) is 0. The van der Waals surface area contributed by atoms with Gasteiger partial charge in [0.2, 0.25) is 5.91 Å². The third kappa shape index (κ3) is 1.72. The molecule has 1 aliphatic rings. The van der Waals surface area contributed by atoms with Crippen LogP contribution < -0.4 is 10.2 Å². The molecule has 4 heteroatoms. The van der Waals surface area contributed by atoms with E-state index in [1.54, 1.807) is 17.0 Å². The predicted molar refractivity (Wildman–Crippen MR) is 62.3 cm³/mol. The van der Waals surface area contributed by atoms with Crippen LogP contribution in [0.1, 0.15) is 18.9 Å². The van der Waals surface area contributed by atoms with Gasteiger partial charge in [0, 0.05) is 6.54 Å². The topological polar surface area (TPSA) is 56.1 Å². The van der Waals surface area contributed by atoms with Crippen molar-refractivity contribution in [2.24, 2.45) is 0 Å². The van der Waals surface area contributed by atoms with Gasteiger partial charge < -0.3 is 10.2 Å². The van der Waals surface area contributed by atoms with Crippen LogP contribution in [0.4, 0.5) is 11.4 Å². The number of benzene rings is 1. The van der Waals surface area contributed by atoms with Gasteiger partial charge in [-0.3, -0.25) is 4.79 Å². The largest absolute Gasteiger partial charge is 0.374 e. The fraction of sp³-hybridized carbons (Fsp3) is 0.333. The summed E-state index contributed by atoms with van der Waals surface area (Å²) in [5, 5.41) is 11.9.